The Hall–Kier alpha value is -3.50. The second-order valence-electron chi connectivity index (χ2n) is 7.57. The van der Waals surface area contributed by atoms with Crippen LogP contribution in [0.2, 0.25) is 0 Å². The van der Waals surface area contributed by atoms with Crippen LogP contribution < -0.4 is 14.8 Å². The van der Waals surface area contributed by atoms with E-state index >= 15 is 0 Å². The van der Waals surface area contributed by atoms with Crippen molar-refractivity contribution in [1.82, 2.24) is 4.98 Å². The molecule has 0 unspecified atom stereocenters. The molecule has 8 nitrogen and oxygen atoms in total. The molecule has 1 amide bonds. The molecule has 4 rings (SSSR count). The number of oxazole rings is 1. The molecule has 0 fully saturated rings. The number of para-hydroxylation sites is 2. The van der Waals surface area contributed by atoms with Crippen LogP contribution in [-0.2, 0) is 14.8 Å². The number of hydrogen-bond acceptors (Lipinski definition) is 7. The molecule has 0 bridgehead atoms. The van der Waals surface area contributed by atoms with E-state index in [-0.39, 0.29) is 21.8 Å². The minimum absolute atomic E-state index is 0.0309. The summed E-state index contributed by atoms with van der Waals surface area (Å²) in [6.07, 6.45) is 0. The number of anilines is 2. The molecular formula is C24H23N3O5S2. The Balaban J connectivity index is 1.46. The molecule has 1 aromatic heterocycles. The van der Waals surface area contributed by atoms with E-state index in [1.54, 1.807) is 30.3 Å². The molecule has 1 heterocycles. The van der Waals surface area contributed by atoms with Gasteiger partial charge in [0.05, 0.1) is 23.4 Å². The van der Waals surface area contributed by atoms with Crippen LogP contribution in [0.4, 0.5) is 11.4 Å². The Morgan fingerprint density at radius 3 is 2.62 bits per heavy atom. The summed E-state index contributed by atoms with van der Waals surface area (Å²) in [6, 6.07) is 16.9. The van der Waals surface area contributed by atoms with E-state index in [0.717, 1.165) is 28.6 Å². The summed E-state index contributed by atoms with van der Waals surface area (Å²) >= 11 is 1.13. The molecule has 34 heavy (non-hydrogen) atoms. The molecule has 0 spiro atoms. The first kappa shape index (κ1) is 23.7. The molecule has 0 aliphatic carbocycles. The van der Waals surface area contributed by atoms with Crippen molar-refractivity contribution in [3.63, 3.8) is 0 Å². The minimum Gasteiger partial charge on any atom is -0.495 e. The molecule has 176 valence electrons. The standard InChI is InChI=1S/C24H23N3O5S2/c1-15-8-10-18(16(2)12-15)25-23(28)14-33-24-26-20-13-17(9-11-22(20)32-24)34(29,30)27-19-6-4-5-7-21(19)31-3/h4-13,27H,14H2,1-3H3,(H,25,28). The van der Waals surface area contributed by atoms with Gasteiger partial charge in [-0.1, -0.05) is 41.6 Å². The maximum atomic E-state index is 12.9. The quantitative estimate of drug-likeness (QED) is 0.330. The van der Waals surface area contributed by atoms with E-state index in [9.17, 15) is 13.2 Å². The lowest BCUT2D eigenvalue weighted by molar-refractivity contribution is -0.113. The van der Waals surface area contributed by atoms with Gasteiger partial charge in [-0.15, -0.1) is 0 Å². The number of aromatic nitrogens is 1. The number of carbonyl (C=O) groups excluding carboxylic acids is 1. The van der Waals surface area contributed by atoms with Gasteiger partial charge in [0.15, 0.2) is 5.58 Å². The summed E-state index contributed by atoms with van der Waals surface area (Å²) < 4.78 is 39.1. The summed E-state index contributed by atoms with van der Waals surface area (Å²) in [6.45, 7) is 3.93. The number of sulfonamides is 1. The predicted octanol–water partition coefficient (Wildman–Crippen LogP) is 4.98. The number of aryl methyl sites for hydroxylation is 2. The fourth-order valence-corrected chi connectivity index (χ4v) is 5.04. The third kappa shape index (κ3) is 5.35. The van der Waals surface area contributed by atoms with Crippen LogP contribution in [-0.4, -0.2) is 32.2 Å². The summed E-state index contributed by atoms with van der Waals surface area (Å²) in [5, 5.41) is 3.15. The Bertz CT molecular complexity index is 1460. The first-order valence-corrected chi connectivity index (χ1v) is 12.8. The smallest absolute Gasteiger partial charge is 0.262 e. The van der Waals surface area contributed by atoms with Crippen molar-refractivity contribution in [2.24, 2.45) is 0 Å². The van der Waals surface area contributed by atoms with E-state index in [4.69, 9.17) is 9.15 Å². The highest BCUT2D eigenvalue weighted by Crippen LogP contribution is 2.29. The summed E-state index contributed by atoms with van der Waals surface area (Å²) in [5.74, 6) is 0.315. The predicted molar refractivity (Wildman–Crippen MR) is 133 cm³/mol. The number of benzene rings is 3. The lowest BCUT2D eigenvalue weighted by Gasteiger charge is -2.11. The van der Waals surface area contributed by atoms with Crippen molar-refractivity contribution in [2.75, 3.05) is 22.9 Å². The third-order valence-electron chi connectivity index (χ3n) is 4.98. The van der Waals surface area contributed by atoms with Gasteiger partial charge < -0.3 is 14.5 Å². The second kappa shape index (κ2) is 9.78. The Labute approximate surface area is 201 Å². The maximum Gasteiger partial charge on any atom is 0.262 e. The number of carbonyl (C=O) groups is 1. The van der Waals surface area contributed by atoms with E-state index < -0.39 is 10.0 Å². The Morgan fingerprint density at radius 2 is 1.85 bits per heavy atom. The number of rotatable bonds is 8. The van der Waals surface area contributed by atoms with Gasteiger partial charge in [-0.25, -0.2) is 13.4 Å². The molecule has 2 N–H and O–H groups in total. The summed E-state index contributed by atoms with van der Waals surface area (Å²) in [7, 11) is -2.41. The molecule has 4 aromatic rings. The average molecular weight is 498 g/mol. The Morgan fingerprint density at radius 1 is 1.06 bits per heavy atom. The van der Waals surface area contributed by atoms with Gasteiger partial charge in [-0.05, 0) is 55.8 Å². The van der Waals surface area contributed by atoms with Crippen molar-refractivity contribution in [3.05, 3.63) is 71.8 Å². The third-order valence-corrected chi connectivity index (χ3v) is 7.18. The first-order valence-electron chi connectivity index (χ1n) is 10.3. The molecule has 10 heteroatoms. The van der Waals surface area contributed by atoms with Gasteiger partial charge in [0.1, 0.15) is 11.3 Å². The van der Waals surface area contributed by atoms with Crippen molar-refractivity contribution in [1.29, 1.82) is 0 Å². The van der Waals surface area contributed by atoms with Gasteiger partial charge >= 0.3 is 0 Å². The molecule has 0 saturated heterocycles. The van der Waals surface area contributed by atoms with Crippen molar-refractivity contribution in [3.8, 4) is 5.75 Å². The van der Waals surface area contributed by atoms with Gasteiger partial charge in [0.25, 0.3) is 15.2 Å². The highest BCUT2D eigenvalue weighted by Gasteiger charge is 2.19. The molecule has 0 aliphatic rings. The zero-order valence-corrected chi connectivity index (χ0v) is 20.4. The number of fused-ring (bicyclic) bond motifs is 1. The van der Waals surface area contributed by atoms with Crippen molar-refractivity contribution >= 4 is 50.2 Å². The van der Waals surface area contributed by atoms with Crippen molar-refractivity contribution < 1.29 is 22.4 Å². The highest BCUT2D eigenvalue weighted by atomic mass is 32.2. The second-order valence-corrected chi connectivity index (χ2v) is 10.2. The summed E-state index contributed by atoms with van der Waals surface area (Å²) in [4.78, 5) is 16.7. The number of hydrogen-bond donors (Lipinski definition) is 2. The van der Waals surface area contributed by atoms with Gasteiger partial charge in [0.2, 0.25) is 5.91 Å². The molecule has 3 aromatic carbocycles. The van der Waals surface area contributed by atoms with Gasteiger partial charge in [0, 0.05) is 5.69 Å². The van der Waals surface area contributed by atoms with Crippen LogP contribution in [0.15, 0.2) is 75.2 Å². The van der Waals surface area contributed by atoms with E-state index in [1.807, 2.05) is 32.0 Å². The monoisotopic (exact) mass is 497 g/mol. The van der Waals surface area contributed by atoms with Crippen LogP contribution >= 0.6 is 11.8 Å². The zero-order chi connectivity index (χ0) is 24.3. The number of amides is 1. The van der Waals surface area contributed by atoms with Crippen LogP contribution in [0, 0.1) is 13.8 Å². The fraction of sp³-hybridized carbons (Fsp3) is 0.167. The van der Waals surface area contributed by atoms with E-state index in [1.165, 1.54) is 19.2 Å². The number of nitrogens with zero attached hydrogens (tertiary/aromatic N) is 1. The lowest BCUT2D eigenvalue weighted by Crippen LogP contribution is -2.14. The van der Waals surface area contributed by atoms with Crippen molar-refractivity contribution in [2.45, 2.75) is 24.0 Å². The first-order chi connectivity index (χ1) is 16.2. The van der Waals surface area contributed by atoms with Crippen LogP contribution in [0.25, 0.3) is 11.1 Å². The average Bonchev–Trinajstić information content (AvgIpc) is 3.22. The van der Waals surface area contributed by atoms with Crippen LogP contribution in [0.1, 0.15) is 11.1 Å². The molecule has 0 radical (unpaired) electrons. The van der Waals surface area contributed by atoms with E-state index in [0.29, 0.717) is 22.5 Å². The molecular weight excluding hydrogens is 474 g/mol. The molecule has 0 atom stereocenters. The fourth-order valence-electron chi connectivity index (χ4n) is 3.32. The van der Waals surface area contributed by atoms with Gasteiger partial charge in [-0.3, -0.25) is 9.52 Å². The topological polar surface area (TPSA) is 111 Å². The lowest BCUT2D eigenvalue weighted by atomic mass is 10.1. The minimum atomic E-state index is -3.88. The molecule has 0 saturated carbocycles. The van der Waals surface area contributed by atoms with Crippen LogP contribution in [0.5, 0.6) is 5.75 Å². The number of thioether (sulfide) groups is 1. The Kier molecular flexibility index (Phi) is 6.80. The SMILES string of the molecule is COc1ccccc1NS(=O)(=O)c1ccc2oc(SCC(=O)Nc3ccc(C)cc3C)nc2c1. The normalized spacial score (nSPS) is 11.4. The number of nitrogens with one attached hydrogen (secondary N) is 2. The number of methoxy groups -OCH3 is 1. The number of ether oxygens (including phenoxy) is 1. The zero-order valence-electron chi connectivity index (χ0n) is 18.8. The molecule has 0 aliphatic heterocycles. The highest BCUT2D eigenvalue weighted by molar-refractivity contribution is 7.99. The van der Waals surface area contributed by atoms with Gasteiger partial charge in [-0.2, -0.15) is 0 Å². The summed E-state index contributed by atoms with van der Waals surface area (Å²) in [5.41, 5.74) is 3.99. The van der Waals surface area contributed by atoms with E-state index in [2.05, 4.69) is 15.0 Å². The van der Waals surface area contributed by atoms with Crippen LogP contribution in [0.3, 0.4) is 0 Å². The maximum absolute atomic E-state index is 12.9. The largest absolute Gasteiger partial charge is 0.495 e.